The van der Waals surface area contributed by atoms with Crippen molar-refractivity contribution in [2.75, 3.05) is 0 Å². The Balaban J connectivity index is 2.12. The Hall–Kier alpha value is -1.20. The van der Waals surface area contributed by atoms with Gasteiger partial charge < -0.3 is 5.11 Å². The number of carboxylic acids is 1. The summed E-state index contributed by atoms with van der Waals surface area (Å²) in [5.41, 5.74) is 0.538. The molecule has 1 unspecified atom stereocenters. The minimum Gasteiger partial charge on any atom is -0.481 e. The molecule has 0 spiro atoms. The zero-order valence-electron chi connectivity index (χ0n) is 9.73. The highest BCUT2D eigenvalue weighted by molar-refractivity contribution is 7.18. The van der Waals surface area contributed by atoms with Gasteiger partial charge in [0.15, 0.2) is 0 Å². The lowest BCUT2D eigenvalue weighted by Crippen LogP contribution is -2.33. The summed E-state index contributed by atoms with van der Waals surface area (Å²) in [6, 6.07) is 0. The molecule has 3 rings (SSSR count). The van der Waals surface area contributed by atoms with Crippen molar-refractivity contribution < 1.29 is 9.90 Å². The first kappa shape index (κ1) is 11.9. The first-order valence-corrected chi connectivity index (χ1v) is 6.85. The van der Waals surface area contributed by atoms with Gasteiger partial charge in [0, 0.05) is 16.5 Å². The lowest BCUT2D eigenvalue weighted by molar-refractivity contribution is -0.148. The fourth-order valence-corrected chi connectivity index (χ4v) is 3.96. The first-order chi connectivity index (χ1) is 8.49. The van der Waals surface area contributed by atoms with Gasteiger partial charge in [0.2, 0.25) is 5.28 Å². The van der Waals surface area contributed by atoms with E-state index < -0.39 is 11.4 Å². The van der Waals surface area contributed by atoms with Crippen molar-refractivity contribution >= 4 is 39.1 Å². The van der Waals surface area contributed by atoms with Crippen molar-refractivity contribution in [3.8, 4) is 0 Å². The molecule has 0 bridgehead atoms. The molecule has 0 amide bonds. The van der Waals surface area contributed by atoms with Crippen LogP contribution in [0.15, 0.2) is 6.20 Å². The van der Waals surface area contributed by atoms with Crippen molar-refractivity contribution in [2.24, 2.45) is 5.41 Å². The highest BCUT2D eigenvalue weighted by Gasteiger charge is 2.38. The number of hydrogen-bond acceptors (Lipinski definition) is 4. The molecule has 6 heteroatoms. The Labute approximate surface area is 113 Å². The topological polar surface area (TPSA) is 63.1 Å². The van der Waals surface area contributed by atoms with Crippen LogP contribution in [0.4, 0.5) is 0 Å². The third kappa shape index (κ3) is 1.69. The largest absolute Gasteiger partial charge is 0.481 e. The zero-order valence-corrected chi connectivity index (χ0v) is 11.3. The van der Waals surface area contributed by atoms with E-state index in [4.69, 9.17) is 11.6 Å². The standard InChI is InChI=1S/C12H11ClN2O2S/c1-12(10(16)17)3-2-6-7-5-14-11(13)15-9(7)18-8(6)4-12/h5H,2-4H2,1H3,(H,16,17). The molecule has 0 saturated carbocycles. The van der Waals surface area contributed by atoms with Gasteiger partial charge in [0.25, 0.3) is 0 Å². The van der Waals surface area contributed by atoms with Crippen LogP contribution in [0.1, 0.15) is 23.8 Å². The number of carbonyl (C=O) groups is 1. The average molecular weight is 283 g/mol. The Morgan fingerprint density at radius 3 is 3.11 bits per heavy atom. The summed E-state index contributed by atoms with van der Waals surface area (Å²) in [6.07, 6.45) is 3.73. The smallest absolute Gasteiger partial charge is 0.309 e. The highest BCUT2D eigenvalue weighted by Crippen LogP contribution is 2.42. The first-order valence-electron chi connectivity index (χ1n) is 5.66. The third-order valence-electron chi connectivity index (χ3n) is 3.60. The van der Waals surface area contributed by atoms with Gasteiger partial charge in [-0.15, -0.1) is 11.3 Å². The summed E-state index contributed by atoms with van der Waals surface area (Å²) in [5.74, 6) is -0.727. The van der Waals surface area contributed by atoms with Crippen LogP contribution in [0.25, 0.3) is 10.2 Å². The lowest BCUT2D eigenvalue weighted by atomic mass is 9.75. The van der Waals surface area contributed by atoms with E-state index in [2.05, 4.69) is 9.97 Å². The van der Waals surface area contributed by atoms with Crippen LogP contribution in [0.3, 0.4) is 0 Å². The van der Waals surface area contributed by atoms with E-state index in [1.54, 1.807) is 13.1 Å². The van der Waals surface area contributed by atoms with E-state index in [0.29, 0.717) is 12.8 Å². The molecule has 1 N–H and O–H groups in total. The number of halogens is 1. The second-order valence-corrected chi connectivity index (χ2v) is 6.33. The number of aryl methyl sites for hydroxylation is 1. The predicted molar refractivity (Wildman–Crippen MR) is 70.2 cm³/mol. The maximum absolute atomic E-state index is 11.3. The van der Waals surface area contributed by atoms with Crippen LogP contribution in [0.5, 0.6) is 0 Å². The number of rotatable bonds is 1. The normalized spacial score (nSPS) is 23.0. The molecule has 0 saturated heterocycles. The number of thiophene rings is 1. The molecule has 0 aliphatic heterocycles. The van der Waals surface area contributed by atoms with Crippen LogP contribution in [-0.2, 0) is 17.6 Å². The molecule has 2 heterocycles. The van der Waals surface area contributed by atoms with Gasteiger partial charge in [0.05, 0.1) is 5.41 Å². The van der Waals surface area contributed by atoms with Gasteiger partial charge in [0.1, 0.15) is 4.83 Å². The molecule has 18 heavy (non-hydrogen) atoms. The Morgan fingerprint density at radius 2 is 2.39 bits per heavy atom. The van der Waals surface area contributed by atoms with Gasteiger partial charge in [-0.3, -0.25) is 4.79 Å². The van der Waals surface area contributed by atoms with Crippen LogP contribution in [0, 0.1) is 5.41 Å². The molecule has 94 valence electrons. The number of aliphatic carboxylic acids is 1. The van der Waals surface area contributed by atoms with Crippen molar-refractivity contribution in [1.29, 1.82) is 0 Å². The zero-order chi connectivity index (χ0) is 12.9. The van der Waals surface area contributed by atoms with Crippen LogP contribution < -0.4 is 0 Å². The molecular weight excluding hydrogens is 272 g/mol. The van der Waals surface area contributed by atoms with E-state index >= 15 is 0 Å². The summed E-state index contributed by atoms with van der Waals surface area (Å²) in [6.45, 7) is 1.81. The van der Waals surface area contributed by atoms with E-state index in [0.717, 1.165) is 21.5 Å². The van der Waals surface area contributed by atoms with E-state index in [1.165, 1.54) is 16.9 Å². The van der Waals surface area contributed by atoms with E-state index in [9.17, 15) is 9.90 Å². The Bertz CT molecular complexity index is 655. The quantitative estimate of drug-likeness (QED) is 0.817. The highest BCUT2D eigenvalue weighted by atomic mass is 35.5. The molecule has 2 aromatic rings. The van der Waals surface area contributed by atoms with Gasteiger partial charge in [-0.05, 0) is 43.4 Å². The number of hydrogen-bond donors (Lipinski definition) is 1. The number of carboxylic acid groups (broad SMARTS) is 1. The molecule has 4 nitrogen and oxygen atoms in total. The number of fused-ring (bicyclic) bond motifs is 3. The van der Waals surface area contributed by atoms with Crippen molar-refractivity contribution in [1.82, 2.24) is 9.97 Å². The monoisotopic (exact) mass is 282 g/mol. The average Bonchev–Trinajstić information content (AvgIpc) is 2.64. The third-order valence-corrected chi connectivity index (χ3v) is 4.92. The van der Waals surface area contributed by atoms with Gasteiger partial charge in [-0.25, -0.2) is 9.97 Å². The molecule has 0 aromatic carbocycles. The summed E-state index contributed by atoms with van der Waals surface area (Å²) >= 11 is 7.31. The Morgan fingerprint density at radius 1 is 1.61 bits per heavy atom. The Kier molecular flexibility index (Phi) is 2.57. The van der Waals surface area contributed by atoms with Crippen LogP contribution >= 0.6 is 22.9 Å². The van der Waals surface area contributed by atoms with Gasteiger partial charge in [-0.1, -0.05) is 0 Å². The molecule has 0 fully saturated rings. The van der Waals surface area contributed by atoms with Gasteiger partial charge in [-0.2, -0.15) is 0 Å². The van der Waals surface area contributed by atoms with Crippen LogP contribution in [0.2, 0.25) is 5.28 Å². The van der Waals surface area contributed by atoms with E-state index in [1.807, 2.05) is 0 Å². The summed E-state index contributed by atoms with van der Waals surface area (Å²) in [5, 5.41) is 10.6. The van der Waals surface area contributed by atoms with Crippen molar-refractivity contribution in [3.63, 3.8) is 0 Å². The van der Waals surface area contributed by atoms with Gasteiger partial charge >= 0.3 is 5.97 Å². The SMILES string of the molecule is CC1(C(=O)O)CCc2c(sc3nc(Cl)ncc23)C1. The minimum atomic E-state index is -0.727. The summed E-state index contributed by atoms with van der Waals surface area (Å²) in [4.78, 5) is 21.5. The minimum absolute atomic E-state index is 0.238. The van der Waals surface area contributed by atoms with E-state index in [-0.39, 0.29) is 5.28 Å². The number of nitrogens with zero attached hydrogens (tertiary/aromatic N) is 2. The summed E-state index contributed by atoms with van der Waals surface area (Å²) in [7, 11) is 0. The maximum atomic E-state index is 11.3. The molecule has 1 atom stereocenters. The van der Waals surface area contributed by atoms with Crippen LogP contribution in [-0.4, -0.2) is 21.0 Å². The fraction of sp³-hybridized carbons (Fsp3) is 0.417. The number of aromatic nitrogens is 2. The molecule has 0 radical (unpaired) electrons. The molecule has 1 aliphatic rings. The fourth-order valence-electron chi connectivity index (χ4n) is 2.40. The van der Waals surface area contributed by atoms with Crippen molar-refractivity contribution in [3.05, 3.63) is 21.9 Å². The lowest BCUT2D eigenvalue weighted by Gasteiger charge is -2.28. The van der Waals surface area contributed by atoms with Crippen molar-refractivity contribution in [2.45, 2.75) is 26.2 Å². The molecule has 1 aliphatic carbocycles. The summed E-state index contributed by atoms with van der Waals surface area (Å²) < 4.78 is 0. The molecular formula is C12H11ClN2O2S. The molecule has 2 aromatic heterocycles. The maximum Gasteiger partial charge on any atom is 0.309 e. The second kappa shape index (κ2) is 3.90. The predicted octanol–water partition coefficient (Wildman–Crippen LogP) is 2.92. The second-order valence-electron chi connectivity index (χ2n) is 4.90.